The molecule has 0 bridgehead atoms. The lowest BCUT2D eigenvalue weighted by atomic mass is 10.2. The van der Waals surface area contributed by atoms with Crippen molar-refractivity contribution in [2.75, 3.05) is 12.9 Å². The van der Waals surface area contributed by atoms with Crippen molar-refractivity contribution in [2.24, 2.45) is 0 Å². The van der Waals surface area contributed by atoms with E-state index >= 15 is 0 Å². The van der Waals surface area contributed by atoms with E-state index in [0.717, 1.165) is 16.2 Å². The SMILES string of the molecule is COc1cccc2c1CNC(=O)CS2. The lowest BCUT2D eigenvalue weighted by molar-refractivity contribution is -0.118. The number of benzene rings is 1. The van der Waals surface area contributed by atoms with Crippen molar-refractivity contribution in [3.63, 3.8) is 0 Å². The number of rotatable bonds is 1. The van der Waals surface area contributed by atoms with Crippen molar-refractivity contribution in [3.8, 4) is 5.75 Å². The third-order valence-corrected chi connectivity index (χ3v) is 3.23. The normalized spacial score (nSPS) is 15.4. The zero-order valence-corrected chi connectivity index (χ0v) is 8.69. The molecule has 74 valence electrons. The zero-order valence-electron chi connectivity index (χ0n) is 7.87. The molecule has 0 saturated heterocycles. The van der Waals surface area contributed by atoms with Crippen LogP contribution < -0.4 is 10.1 Å². The number of thioether (sulfide) groups is 1. The minimum absolute atomic E-state index is 0.0771. The molecule has 14 heavy (non-hydrogen) atoms. The van der Waals surface area contributed by atoms with Crippen LogP contribution in [0, 0.1) is 0 Å². The lowest BCUT2D eigenvalue weighted by Crippen LogP contribution is -2.22. The first-order valence-electron chi connectivity index (χ1n) is 4.36. The highest BCUT2D eigenvalue weighted by Gasteiger charge is 2.15. The van der Waals surface area contributed by atoms with Crippen molar-refractivity contribution < 1.29 is 9.53 Å². The molecule has 1 aliphatic rings. The van der Waals surface area contributed by atoms with Crippen LogP contribution in [0.4, 0.5) is 0 Å². The molecule has 0 aliphatic carbocycles. The van der Waals surface area contributed by atoms with E-state index < -0.39 is 0 Å². The molecule has 1 amide bonds. The topological polar surface area (TPSA) is 38.3 Å². The van der Waals surface area contributed by atoms with Gasteiger partial charge in [0.15, 0.2) is 0 Å². The Morgan fingerprint density at radius 1 is 1.50 bits per heavy atom. The van der Waals surface area contributed by atoms with Gasteiger partial charge in [-0.25, -0.2) is 0 Å². The summed E-state index contributed by atoms with van der Waals surface area (Å²) in [5.41, 5.74) is 1.07. The Morgan fingerprint density at radius 2 is 2.36 bits per heavy atom. The van der Waals surface area contributed by atoms with Crippen LogP contribution in [0.15, 0.2) is 23.1 Å². The van der Waals surface area contributed by atoms with Crippen LogP contribution in [0.3, 0.4) is 0 Å². The predicted octanol–water partition coefficient (Wildman–Crippen LogP) is 1.42. The van der Waals surface area contributed by atoms with Gasteiger partial charge in [0.25, 0.3) is 0 Å². The number of methoxy groups -OCH3 is 1. The van der Waals surface area contributed by atoms with Crippen molar-refractivity contribution in [1.82, 2.24) is 5.32 Å². The third-order valence-electron chi connectivity index (χ3n) is 2.13. The number of fused-ring (bicyclic) bond motifs is 1. The quantitative estimate of drug-likeness (QED) is 0.760. The van der Waals surface area contributed by atoms with Gasteiger partial charge in [-0.05, 0) is 12.1 Å². The number of carbonyl (C=O) groups is 1. The average molecular weight is 209 g/mol. The van der Waals surface area contributed by atoms with E-state index in [9.17, 15) is 4.79 Å². The van der Waals surface area contributed by atoms with Gasteiger partial charge < -0.3 is 10.1 Å². The molecule has 0 atom stereocenters. The fourth-order valence-electron chi connectivity index (χ4n) is 1.43. The van der Waals surface area contributed by atoms with Crippen molar-refractivity contribution in [1.29, 1.82) is 0 Å². The van der Waals surface area contributed by atoms with Crippen molar-refractivity contribution in [2.45, 2.75) is 11.4 Å². The van der Waals surface area contributed by atoms with Crippen LogP contribution in [0.2, 0.25) is 0 Å². The molecule has 1 N–H and O–H groups in total. The van der Waals surface area contributed by atoms with Gasteiger partial charge >= 0.3 is 0 Å². The Labute approximate surface area is 86.8 Å². The number of hydrogen-bond donors (Lipinski definition) is 1. The maximum atomic E-state index is 11.2. The molecule has 1 heterocycles. The Balaban J connectivity index is 2.39. The second-order valence-electron chi connectivity index (χ2n) is 3.00. The smallest absolute Gasteiger partial charge is 0.230 e. The van der Waals surface area contributed by atoms with E-state index in [1.807, 2.05) is 18.2 Å². The van der Waals surface area contributed by atoms with E-state index in [-0.39, 0.29) is 5.91 Å². The fourth-order valence-corrected chi connectivity index (χ4v) is 2.34. The van der Waals surface area contributed by atoms with Gasteiger partial charge in [-0.3, -0.25) is 4.79 Å². The minimum atomic E-state index is 0.0771. The number of amides is 1. The van der Waals surface area contributed by atoms with Gasteiger partial charge in [0.2, 0.25) is 5.91 Å². The summed E-state index contributed by atoms with van der Waals surface area (Å²) < 4.78 is 5.24. The first kappa shape index (κ1) is 9.40. The Morgan fingerprint density at radius 3 is 3.14 bits per heavy atom. The maximum Gasteiger partial charge on any atom is 0.230 e. The number of carbonyl (C=O) groups excluding carboxylic acids is 1. The van der Waals surface area contributed by atoms with Gasteiger partial charge in [0.05, 0.1) is 12.9 Å². The minimum Gasteiger partial charge on any atom is -0.496 e. The molecule has 0 saturated carbocycles. The van der Waals surface area contributed by atoms with Gasteiger partial charge in [0, 0.05) is 17.0 Å². The molecule has 1 aromatic carbocycles. The number of nitrogens with one attached hydrogen (secondary N) is 1. The monoisotopic (exact) mass is 209 g/mol. The Kier molecular flexibility index (Phi) is 2.63. The molecule has 1 aliphatic heterocycles. The van der Waals surface area contributed by atoms with Crippen LogP contribution >= 0.6 is 11.8 Å². The summed E-state index contributed by atoms with van der Waals surface area (Å²) in [4.78, 5) is 12.3. The zero-order chi connectivity index (χ0) is 9.97. The van der Waals surface area contributed by atoms with E-state index in [2.05, 4.69) is 5.32 Å². The Hall–Kier alpha value is -1.16. The summed E-state index contributed by atoms with van der Waals surface area (Å²) in [7, 11) is 1.65. The second-order valence-corrected chi connectivity index (χ2v) is 4.02. The highest BCUT2D eigenvalue weighted by molar-refractivity contribution is 8.00. The molecule has 3 nitrogen and oxygen atoms in total. The second kappa shape index (κ2) is 3.92. The van der Waals surface area contributed by atoms with E-state index in [4.69, 9.17) is 4.74 Å². The number of ether oxygens (including phenoxy) is 1. The lowest BCUT2D eigenvalue weighted by Gasteiger charge is -2.09. The summed E-state index contributed by atoms with van der Waals surface area (Å²) in [6, 6.07) is 5.88. The maximum absolute atomic E-state index is 11.2. The summed E-state index contributed by atoms with van der Waals surface area (Å²) in [6.45, 7) is 0.561. The van der Waals surface area contributed by atoms with Crippen LogP contribution in [-0.2, 0) is 11.3 Å². The Bertz CT molecular complexity index is 365. The summed E-state index contributed by atoms with van der Waals surface area (Å²) in [5, 5.41) is 2.84. The van der Waals surface area contributed by atoms with Gasteiger partial charge in [-0.1, -0.05) is 6.07 Å². The molecular formula is C10H11NO2S. The molecule has 0 unspecified atom stereocenters. The highest BCUT2D eigenvalue weighted by atomic mass is 32.2. The molecule has 0 radical (unpaired) electrons. The van der Waals surface area contributed by atoms with Crippen LogP contribution in [0.25, 0.3) is 0 Å². The van der Waals surface area contributed by atoms with Crippen LogP contribution in [-0.4, -0.2) is 18.8 Å². The first-order valence-corrected chi connectivity index (χ1v) is 5.35. The molecule has 2 rings (SSSR count). The number of hydrogen-bond acceptors (Lipinski definition) is 3. The van der Waals surface area contributed by atoms with Crippen LogP contribution in [0.5, 0.6) is 5.75 Å². The standard InChI is InChI=1S/C10H11NO2S/c1-13-8-3-2-4-9-7(8)5-11-10(12)6-14-9/h2-4H,5-6H2,1H3,(H,11,12). The molecule has 1 aromatic rings. The molecule has 0 fully saturated rings. The molecule has 0 spiro atoms. The summed E-state index contributed by atoms with van der Waals surface area (Å²) >= 11 is 1.56. The van der Waals surface area contributed by atoms with Gasteiger partial charge in [0.1, 0.15) is 5.75 Å². The summed E-state index contributed by atoms with van der Waals surface area (Å²) in [6.07, 6.45) is 0. The van der Waals surface area contributed by atoms with Gasteiger partial charge in [-0.2, -0.15) is 0 Å². The van der Waals surface area contributed by atoms with E-state index in [1.165, 1.54) is 0 Å². The molecule has 0 aromatic heterocycles. The highest BCUT2D eigenvalue weighted by Crippen LogP contribution is 2.31. The molecular weight excluding hydrogens is 198 g/mol. The first-order chi connectivity index (χ1) is 6.81. The summed E-state index contributed by atoms with van der Waals surface area (Å²) in [5.74, 6) is 1.41. The van der Waals surface area contributed by atoms with E-state index in [0.29, 0.717) is 12.3 Å². The fraction of sp³-hybridized carbons (Fsp3) is 0.300. The van der Waals surface area contributed by atoms with E-state index in [1.54, 1.807) is 18.9 Å². The van der Waals surface area contributed by atoms with Crippen molar-refractivity contribution in [3.05, 3.63) is 23.8 Å². The predicted molar refractivity (Wildman–Crippen MR) is 55.6 cm³/mol. The third kappa shape index (κ3) is 1.70. The largest absolute Gasteiger partial charge is 0.496 e. The molecule has 4 heteroatoms. The average Bonchev–Trinajstić information content (AvgIpc) is 2.41. The van der Waals surface area contributed by atoms with Crippen molar-refractivity contribution >= 4 is 17.7 Å². The van der Waals surface area contributed by atoms with Gasteiger partial charge in [-0.15, -0.1) is 11.8 Å². The van der Waals surface area contributed by atoms with Crippen LogP contribution in [0.1, 0.15) is 5.56 Å².